The van der Waals surface area contributed by atoms with E-state index in [-0.39, 0.29) is 16.5 Å². The largest absolute Gasteiger partial charge is 0.310 e. The minimum atomic E-state index is -0.208. The zero-order valence-electron chi connectivity index (χ0n) is 29.0. The molecular formula is C47H30N6. The topological polar surface area (TPSA) is 92.4 Å². The zero-order chi connectivity index (χ0) is 36.3. The summed E-state index contributed by atoms with van der Waals surface area (Å²) in [4.78, 5) is 6.85. The molecule has 1 aliphatic rings. The third-order valence-electron chi connectivity index (χ3n) is 10.6. The Balaban J connectivity index is 1.33. The van der Waals surface area contributed by atoms with E-state index in [1.807, 2.05) is 24.5 Å². The second kappa shape index (κ2) is 12.1. The van der Waals surface area contributed by atoms with Gasteiger partial charge in [-0.25, -0.2) is 0 Å². The summed E-state index contributed by atoms with van der Waals surface area (Å²) in [6, 6.07) is 52.1. The Morgan fingerprint density at radius 2 is 1.15 bits per heavy atom. The molecule has 6 aromatic carbocycles. The van der Waals surface area contributed by atoms with Gasteiger partial charge in [0, 0.05) is 45.5 Å². The van der Waals surface area contributed by atoms with Gasteiger partial charge in [0.05, 0.1) is 45.2 Å². The highest BCUT2D eigenvalue weighted by Crippen LogP contribution is 2.52. The predicted octanol–water partition coefficient (Wildman–Crippen LogP) is 11.2. The first-order valence-electron chi connectivity index (χ1n) is 17.4. The van der Waals surface area contributed by atoms with Crippen LogP contribution in [0, 0.1) is 34.0 Å². The van der Waals surface area contributed by atoms with Crippen LogP contribution in [0.4, 0.5) is 17.1 Å². The maximum Gasteiger partial charge on any atom is 0.101 e. The molecule has 9 rings (SSSR count). The molecule has 0 radical (unpaired) electrons. The summed E-state index contributed by atoms with van der Waals surface area (Å²) in [6.45, 7) is 4.58. The summed E-state index contributed by atoms with van der Waals surface area (Å²) in [5, 5.41) is 31.7. The lowest BCUT2D eigenvalue weighted by molar-refractivity contribution is 0.632. The summed E-state index contributed by atoms with van der Waals surface area (Å²) < 4.78 is 2.31. The van der Waals surface area contributed by atoms with Gasteiger partial charge in [-0.3, -0.25) is 4.98 Å². The van der Waals surface area contributed by atoms with Crippen LogP contribution >= 0.6 is 0 Å². The van der Waals surface area contributed by atoms with Crippen LogP contribution in [0.1, 0.15) is 41.7 Å². The van der Waals surface area contributed by atoms with Crippen LogP contribution in [-0.4, -0.2) is 9.55 Å². The van der Waals surface area contributed by atoms with Crippen molar-refractivity contribution in [1.82, 2.24) is 9.55 Å². The highest BCUT2D eigenvalue weighted by Gasteiger charge is 2.36. The van der Waals surface area contributed by atoms with Gasteiger partial charge in [-0.15, -0.1) is 0 Å². The van der Waals surface area contributed by atoms with Crippen molar-refractivity contribution in [3.8, 4) is 46.1 Å². The molecule has 2 aromatic heterocycles. The smallest absolute Gasteiger partial charge is 0.101 e. The Morgan fingerprint density at radius 1 is 0.528 bits per heavy atom. The third-order valence-corrected chi connectivity index (χ3v) is 10.6. The molecular weight excluding hydrogens is 649 g/mol. The number of nitriles is 3. The van der Waals surface area contributed by atoms with Crippen molar-refractivity contribution in [2.45, 2.75) is 19.3 Å². The second-order valence-corrected chi connectivity index (χ2v) is 13.8. The summed E-state index contributed by atoms with van der Waals surface area (Å²) in [5.41, 5.74) is 12.7. The van der Waals surface area contributed by atoms with Gasteiger partial charge < -0.3 is 9.47 Å². The van der Waals surface area contributed by atoms with Gasteiger partial charge in [-0.1, -0.05) is 86.6 Å². The van der Waals surface area contributed by atoms with E-state index in [2.05, 4.69) is 156 Å². The Labute approximate surface area is 307 Å². The van der Waals surface area contributed by atoms with E-state index in [0.29, 0.717) is 11.1 Å². The third kappa shape index (κ3) is 4.88. The molecule has 8 aromatic rings. The normalized spacial score (nSPS) is 12.8. The fraction of sp³-hybridized carbons (Fsp3) is 0.0638. The molecule has 1 aliphatic heterocycles. The van der Waals surface area contributed by atoms with Crippen molar-refractivity contribution in [1.29, 1.82) is 15.8 Å². The molecule has 0 amide bonds. The van der Waals surface area contributed by atoms with Crippen molar-refractivity contribution in [3.63, 3.8) is 0 Å². The minimum absolute atomic E-state index is 0.188. The molecule has 0 saturated carbocycles. The molecule has 0 atom stereocenters. The van der Waals surface area contributed by atoms with Gasteiger partial charge in [-0.05, 0) is 88.5 Å². The van der Waals surface area contributed by atoms with Crippen LogP contribution in [0.2, 0.25) is 0 Å². The average molecular weight is 679 g/mol. The molecule has 0 aliphatic carbocycles. The Morgan fingerprint density at radius 3 is 1.89 bits per heavy atom. The zero-order valence-corrected chi connectivity index (χ0v) is 29.0. The first-order valence-corrected chi connectivity index (χ1v) is 17.4. The van der Waals surface area contributed by atoms with Gasteiger partial charge in [0.15, 0.2) is 0 Å². The maximum absolute atomic E-state index is 10.1. The Hall–Kier alpha value is -7.46. The predicted molar refractivity (Wildman–Crippen MR) is 210 cm³/mol. The molecule has 6 nitrogen and oxygen atoms in total. The van der Waals surface area contributed by atoms with Gasteiger partial charge in [0.1, 0.15) is 12.1 Å². The van der Waals surface area contributed by atoms with Gasteiger partial charge in [0.25, 0.3) is 0 Å². The molecule has 0 fully saturated rings. The van der Waals surface area contributed by atoms with Crippen molar-refractivity contribution >= 4 is 38.9 Å². The van der Waals surface area contributed by atoms with Gasteiger partial charge >= 0.3 is 0 Å². The number of aromatic nitrogens is 2. The van der Waals surface area contributed by atoms with Crippen LogP contribution in [0.5, 0.6) is 0 Å². The van der Waals surface area contributed by atoms with E-state index in [1.165, 1.54) is 17.2 Å². The van der Waals surface area contributed by atoms with Crippen LogP contribution in [0.3, 0.4) is 0 Å². The Kier molecular flexibility index (Phi) is 7.19. The second-order valence-electron chi connectivity index (χ2n) is 13.8. The number of rotatable bonds is 4. The molecule has 0 spiro atoms. The number of nitrogens with zero attached hydrogens (tertiary/aromatic N) is 6. The number of fused-ring (bicyclic) bond motifs is 5. The number of hydrogen-bond donors (Lipinski definition) is 0. The van der Waals surface area contributed by atoms with E-state index in [9.17, 15) is 15.8 Å². The van der Waals surface area contributed by atoms with E-state index in [4.69, 9.17) is 0 Å². The van der Waals surface area contributed by atoms with Crippen LogP contribution in [-0.2, 0) is 5.41 Å². The molecule has 0 N–H and O–H groups in total. The lowest BCUT2D eigenvalue weighted by Crippen LogP contribution is -2.30. The average Bonchev–Trinajstić information content (AvgIpc) is 3.55. The number of anilines is 3. The molecule has 53 heavy (non-hydrogen) atoms. The van der Waals surface area contributed by atoms with E-state index in [0.717, 1.165) is 61.2 Å². The quantitative estimate of drug-likeness (QED) is 0.185. The highest BCUT2D eigenvalue weighted by molar-refractivity contribution is 6.09. The summed E-state index contributed by atoms with van der Waals surface area (Å²) in [5.74, 6) is 0. The van der Waals surface area contributed by atoms with Crippen LogP contribution < -0.4 is 4.90 Å². The van der Waals surface area contributed by atoms with E-state index in [1.54, 1.807) is 6.07 Å². The molecule has 0 saturated heterocycles. The number of pyridine rings is 1. The van der Waals surface area contributed by atoms with E-state index >= 15 is 0 Å². The van der Waals surface area contributed by atoms with Crippen molar-refractivity contribution < 1.29 is 0 Å². The Bertz CT molecular complexity index is 2830. The van der Waals surface area contributed by atoms with E-state index < -0.39 is 0 Å². The summed E-state index contributed by atoms with van der Waals surface area (Å²) in [6.07, 6.45) is 3.77. The fourth-order valence-electron chi connectivity index (χ4n) is 8.04. The van der Waals surface area contributed by atoms with Crippen molar-refractivity contribution in [2.75, 3.05) is 4.90 Å². The molecule has 3 heterocycles. The summed E-state index contributed by atoms with van der Waals surface area (Å²) >= 11 is 0. The first kappa shape index (κ1) is 31.5. The molecule has 0 unspecified atom stereocenters. The van der Waals surface area contributed by atoms with Crippen LogP contribution in [0.25, 0.3) is 49.7 Å². The molecule has 248 valence electrons. The SMILES string of the molecule is CC1(C)c2ccccc2N(c2cc(-c3cccc(-c4cc(C#N)c(C#N)cc4C#N)c3)cc(-n3c4ccccc4c4cnccc43)c2)c2ccccc21. The minimum Gasteiger partial charge on any atom is -0.310 e. The van der Waals surface area contributed by atoms with Crippen molar-refractivity contribution in [3.05, 3.63) is 174 Å². The maximum atomic E-state index is 10.1. The van der Waals surface area contributed by atoms with Gasteiger partial charge in [-0.2, -0.15) is 15.8 Å². The number of para-hydroxylation sites is 3. The highest BCUT2D eigenvalue weighted by atomic mass is 15.2. The standard InChI is InChI=1S/C47H30N6/c1-47(2)41-13-4-7-16-45(41)53(46-17-8-5-14-42(46)47)37-23-32(22-36(25-37)52-43-15-6-3-12-38(43)40-29-51-19-18-44(40)52)30-10-9-11-31(20-30)39-24-34(27-49)33(26-48)21-35(39)28-50/h3-25,29H,1-2H3. The fourth-order valence-corrected chi connectivity index (χ4v) is 8.04. The van der Waals surface area contributed by atoms with Crippen LogP contribution in [0.15, 0.2) is 146 Å². The van der Waals surface area contributed by atoms with Crippen molar-refractivity contribution in [2.24, 2.45) is 0 Å². The van der Waals surface area contributed by atoms with Gasteiger partial charge in [0.2, 0.25) is 0 Å². The monoisotopic (exact) mass is 678 g/mol. The number of benzene rings is 6. The molecule has 6 heteroatoms. The first-order chi connectivity index (χ1) is 25.9. The lowest BCUT2D eigenvalue weighted by atomic mass is 9.73. The molecule has 0 bridgehead atoms. The lowest BCUT2D eigenvalue weighted by Gasteiger charge is -2.42. The summed E-state index contributed by atoms with van der Waals surface area (Å²) in [7, 11) is 0. The number of hydrogen-bond acceptors (Lipinski definition) is 5.